The number of nitrogens with zero attached hydrogens (tertiary/aromatic N) is 2. The molecule has 8 nitrogen and oxygen atoms in total. The van der Waals surface area contributed by atoms with Gasteiger partial charge in [0.15, 0.2) is 0 Å². The highest BCUT2D eigenvalue weighted by molar-refractivity contribution is 5.99. The summed E-state index contributed by atoms with van der Waals surface area (Å²) in [7, 11) is 0. The second-order valence-electron chi connectivity index (χ2n) is 10.3. The number of hydrogen-bond donors (Lipinski definition) is 1. The lowest BCUT2D eigenvalue weighted by Gasteiger charge is -2.39. The summed E-state index contributed by atoms with van der Waals surface area (Å²) in [6.07, 6.45) is 12.9. The molecule has 2 fully saturated rings. The Labute approximate surface area is 208 Å². The number of ether oxygens (including phenoxy) is 2. The second kappa shape index (κ2) is 10.4. The topological polar surface area (TPSA) is 96.4 Å². The minimum Gasteiger partial charge on any atom is -0.465 e. The Morgan fingerprint density at radius 3 is 2.63 bits per heavy atom. The molecule has 0 aromatic heterocycles. The summed E-state index contributed by atoms with van der Waals surface area (Å²) in [4.78, 5) is 45.1. The van der Waals surface area contributed by atoms with Gasteiger partial charge in [0, 0.05) is 25.7 Å². The smallest absolute Gasteiger partial charge is 0.313 e. The molecular weight excluding hydrogens is 448 g/mol. The lowest BCUT2D eigenvalue weighted by atomic mass is 9.73. The van der Waals surface area contributed by atoms with Crippen LogP contribution in [0.25, 0.3) is 0 Å². The molecule has 2 amide bonds. The molecule has 4 rings (SSSR count). The Balaban J connectivity index is 1.85. The Morgan fingerprint density at radius 1 is 1.11 bits per heavy atom. The maximum atomic E-state index is 14.1. The maximum Gasteiger partial charge on any atom is 0.313 e. The molecule has 4 heterocycles. The van der Waals surface area contributed by atoms with Crippen molar-refractivity contribution in [2.24, 2.45) is 11.8 Å². The van der Waals surface area contributed by atoms with E-state index in [1.165, 1.54) is 0 Å². The van der Waals surface area contributed by atoms with Crippen LogP contribution in [0.3, 0.4) is 0 Å². The third-order valence-electron chi connectivity index (χ3n) is 8.21. The van der Waals surface area contributed by atoms with Gasteiger partial charge in [-0.2, -0.15) is 0 Å². The molecule has 6 atom stereocenters. The van der Waals surface area contributed by atoms with Crippen LogP contribution in [0, 0.1) is 11.8 Å². The van der Waals surface area contributed by atoms with Gasteiger partial charge in [-0.15, -0.1) is 0 Å². The van der Waals surface area contributed by atoms with Crippen molar-refractivity contribution in [3.05, 3.63) is 24.3 Å². The number of carbonyl (C=O) groups is 3. The molecule has 2 unspecified atom stereocenters. The van der Waals surface area contributed by atoms with E-state index in [1.54, 1.807) is 4.90 Å². The van der Waals surface area contributed by atoms with E-state index in [1.807, 2.05) is 43.1 Å². The van der Waals surface area contributed by atoms with Crippen LogP contribution in [0.4, 0.5) is 0 Å². The first kappa shape index (κ1) is 25.9. The minimum absolute atomic E-state index is 0.00763. The first-order valence-electron chi connectivity index (χ1n) is 13.3. The summed E-state index contributed by atoms with van der Waals surface area (Å²) >= 11 is 0. The fourth-order valence-electron chi connectivity index (χ4n) is 6.51. The maximum absolute atomic E-state index is 14.1. The fraction of sp³-hybridized carbons (Fsp3) is 0.741. The number of fused-ring (bicyclic) bond motifs is 2. The number of rotatable bonds is 7. The van der Waals surface area contributed by atoms with Crippen molar-refractivity contribution in [3.8, 4) is 0 Å². The monoisotopic (exact) mass is 488 g/mol. The van der Waals surface area contributed by atoms with Crippen molar-refractivity contribution >= 4 is 17.8 Å². The molecule has 0 aromatic rings. The highest BCUT2D eigenvalue weighted by Crippen LogP contribution is 2.58. The number of likely N-dealkylation sites (tertiary alicyclic amines) is 1. The van der Waals surface area contributed by atoms with Gasteiger partial charge >= 0.3 is 5.97 Å². The van der Waals surface area contributed by atoms with Gasteiger partial charge in [-0.05, 0) is 45.4 Å². The summed E-state index contributed by atoms with van der Waals surface area (Å²) in [5.41, 5.74) is -2.28. The van der Waals surface area contributed by atoms with Gasteiger partial charge in [-0.3, -0.25) is 14.4 Å². The molecule has 1 spiro atoms. The average Bonchev–Trinajstić information content (AvgIpc) is 3.19. The Bertz CT molecular complexity index is 887. The van der Waals surface area contributed by atoms with E-state index in [0.717, 1.165) is 32.1 Å². The number of aliphatic hydroxyl groups excluding tert-OH is 1. The van der Waals surface area contributed by atoms with E-state index in [-0.39, 0.29) is 31.0 Å². The number of hydrogen-bond acceptors (Lipinski definition) is 6. The fourth-order valence-corrected chi connectivity index (χ4v) is 6.51. The zero-order valence-corrected chi connectivity index (χ0v) is 21.3. The number of aliphatic hydroxyl groups is 1. The zero-order chi connectivity index (χ0) is 25.2. The standard InChI is InChI=1S/C27H40N2O6/c1-4-12-19(3)28-15-10-14-27-20(23(31)29(16-11-17-30)22(27)24(28)32)21-25(33)34-18-9-7-6-8-13-26(21,5-2)35-27/h8,10,13-14,19-22,30H,4-7,9,11-12,15-18H2,1-3H3/b13-8-/t19?,20-,21-,22?,26+,27-/m0/s1. The van der Waals surface area contributed by atoms with Gasteiger partial charge in [0.05, 0.1) is 12.5 Å². The van der Waals surface area contributed by atoms with Crippen molar-refractivity contribution in [1.82, 2.24) is 9.80 Å². The molecule has 2 saturated heterocycles. The Kier molecular flexibility index (Phi) is 7.71. The van der Waals surface area contributed by atoms with Gasteiger partial charge in [0.1, 0.15) is 23.2 Å². The highest BCUT2D eigenvalue weighted by atomic mass is 16.6. The molecule has 0 bridgehead atoms. The summed E-state index contributed by atoms with van der Waals surface area (Å²) in [6, 6.07) is -0.875. The van der Waals surface area contributed by atoms with E-state index in [0.29, 0.717) is 26.0 Å². The van der Waals surface area contributed by atoms with E-state index < -0.39 is 35.0 Å². The Morgan fingerprint density at radius 2 is 1.91 bits per heavy atom. The summed E-state index contributed by atoms with van der Waals surface area (Å²) < 4.78 is 12.6. The van der Waals surface area contributed by atoms with E-state index in [9.17, 15) is 19.5 Å². The van der Waals surface area contributed by atoms with Gasteiger partial charge in [0.25, 0.3) is 0 Å². The van der Waals surface area contributed by atoms with Gasteiger partial charge in [-0.25, -0.2) is 0 Å². The normalized spacial score (nSPS) is 36.8. The number of cyclic esters (lactones) is 1. The molecule has 194 valence electrons. The van der Waals surface area contributed by atoms with Crippen molar-refractivity contribution in [3.63, 3.8) is 0 Å². The number of allylic oxidation sites excluding steroid dienone is 1. The molecule has 4 aliphatic rings. The number of esters is 1. The van der Waals surface area contributed by atoms with E-state index in [2.05, 4.69) is 6.92 Å². The van der Waals surface area contributed by atoms with Crippen LogP contribution >= 0.6 is 0 Å². The first-order chi connectivity index (χ1) is 16.9. The van der Waals surface area contributed by atoms with Gasteiger partial charge in [0.2, 0.25) is 11.8 Å². The van der Waals surface area contributed by atoms with Crippen molar-refractivity contribution in [1.29, 1.82) is 0 Å². The molecule has 0 aromatic carbocycles. The summed E-state index contributed by atoms with van der Waals surface area (Å²) in [6.45, 7) is 6.95. The summed E-state index contributed by atoms with van der Waals surface area (Å²) in [5.74, 6) is -2.55. The molecule has 4 aliphatic heterocycles. The van der Waals surface area contributed by atoms with Crippen LogP contribution in [0.1, 0.15) is 65.7 Å². The third-order valence-corrected chi connectivity index (χ3v) is 8.21. The molecule has 0 saturated carbocycles. The molecule has 0 aliphatic carbocycles. The lowest BCUT2D eigenvalue weighted by molar-refractivity contribution is -0.162. The highest BCUT2D eigenvalue weighted by Gasteiger charge is 2.75. The average molecular weight is 489 g/mol. The predicted molar refractivity (Wildman–Crippen MR) is 130 cm³/mol. The van der Waals surface area contributed by atoms with E-state index >= 15 is 0 Å². The van der Waals surface area contributed by atoms with Crippen molar-refractivity contribution in [2.45, 2.75) is 89.0 Å². The lowest BCUT2D eigenvalue weighted by Crippen LogP contribution is -2.57. The SMILES string of the molecule is CCCC(C)N1CC=C[C@]23O[C@]4(CC)/C=C\CCCCOC(=O)[C@@H]4[C@H]2C(=O)N(CCCO)C3C1=O. The van der Waals surface area contributed by atoms with Crippen LogP contribution in [0.2, 0.25) is 0 Å². The first-order valence-corrected chi connectivity index (χ1v) is 13.3. The zero-order valence-electron chi connectivity index (χ0n) is 21.3. The summed E-state index contributed by atoms with van der Waals surface area (Å²) in [5, 5.41) is 9.51. The molecular formula is C27H40N2O6. The van der Waals surface area contributed by atoms with Crippen molar-refractivity contribution in [2.75, 3.05) is 26.3 Å². The number of amides is 2. The second-order valence-corrected chi connectivity index (χ2v) is 10.3. The molecule has 35 heavy (non-hydrogen) atoms. The molecule has 8 heteroatoms. The van der Waals surface area contributed by atoms with Crippen molar-refractivity contribution < 1.29 is 29.0 Å². The number of carbonyl (C=O) groups excluding carboxylic acids is 3. The van der Waals surface area contributed by atoms with Gasteiger partial charge < -0.3 is 24.4 Å². The van der Waals surface area contributed by atoms with Crippen LogP contribution in [-0.2, 0) is 23.9 Å². The third kappa shape index (κ3) is 4.22. The van der Waals surface area contributed by atoms with Crippen LogP contribution in [0.5, 0.6) is 0 Å². The quantitative estimate of drug-likeness (QED) is 0.437. The van der Waals surface area contributed by atoms with Crippen LogP contribution < -0.4 is 0 Å². The minimum atomic E-state index is -1.26. The van der Waals surface area contributed by atoms with Crippen LogP contribution in [0.15, 0.2) is 24.3 Å². The van der Waals surface area contributed by atoms with Crippen LogP contribution in [-0.4, -0.2) is 82.3 Å². The predicted octanol–water partition coefficient (Wildman–Crippen LogP) is 2.60. The van der Waals surface area contributed by atoms with Gasteiger partial charge in [-0.1, -0.05) is 44.6 Å². The largest absolute Gasteiger partial charge is 0.465 e. The molecule has 1 N–H and O–H groups in total. The van der Waals surface area contributed by atoms with E-state index in [4.69, 9.17) is 9.47 Å². The Hall–Kier alpha value is -2.19. The molecule has 0 radical (unpaired) electrons.